The smallest absolute Gasteiger partial charge is 0.0831 e. The lowest BCUT2D eigenvalue weighted by Gasteiger charge is -2.46. The highest BCUT2D eigenvalue weighted by Crippen LogP contribution is 2.43. The number of hydrogen-bond acceptors (Lipinski definition) is 2. The number of methoxy groups -OCH3 is 1. The fraction of sp³-hybridized carbons (Fsp3) is 1.00. The minimum Gasteiger partial charge on any atom is -0.377 e. The molecule has 0 bridgehead atoms. The van der Waals surface area contributed by atoms with E-state index in [1.54, 1.807) is 0 Å². The summed E-state index contributed by atoms with van der Waals surface area (Å²) in [5.41, 5.74) is 0.590. The quantitative estimate of drug-likeness (QED) is 0.775. The summed E-state index contributed by atoms with van der Waals surface area (Å²) in [5.74, 6) is 0. The predicted octanol–water partition coefficient (Wildman–Crippen LogP) is 2.97. The maximum atomic E-state index is 5.85. The number of ether oxygens (including phenoxy) is 1. The first-order valence-corrected chi connectivity index (χ1v) is 6.22. The highest BCUT2D eigenvalue weighted by atomic mass is 16.5. The van der Waals surface area contributed by atoms with Crippen molar-refractivity contribution in [3.8, 4) is 0 Å². The molecule has 1 unspecified atom stereocenters. The van der Waals surface area contributed by atoms with Crippen LogP contribution in [0.3, 0.4) is 0 Å². The van der Waals surface area contributed by atoms with E-state index in [2.05, 4.69) is 33.1 Å². The molecule has 0 saturated heterocycles. The molecule has 0 spiro atoms. The van der Waals surface area contributed by atoms with Gasteiger partial charge in [-0.15, -0.1) is 0 Å². The molecule has 1 fully saturated rings. The van der Waals surface area contributed by atoms with Crippen LogP contribution >= 0.6 is 0 Å². The van der Waals surface area contributed by atoms with Gasteiger partial charge in [-0.05, 0) is 44.6 Å². The molecule has 0 aromatic rings. The van der Waals surface area contributed by atoms with Crippen molar-refractivity contribution in [1.82, 2.24) is 5.32 Å². The third-order valence-electron chi connectivity index (χ3n) is 4.25. The summed E-state index contributed by atoms with van der Waals surface area (Å²) in [6.45, 7) is 6.97. The average Bonchev–Trinajstić information content (AvgIpc) is 2.22. The first-order valence-electron chi connectivity index (χ1n) is 6.22. The van der Waals surface area contributed by atoms with E-state index in [1.807, 2.05) is 7.11 Å². The third kappa shape index (κ3) is 2.73. The van der Waals surface area contributed by atoms with Gasteiger partial charge < -0.3 is 10.1 Å². The Morgan fingerprint density at radius 1 is 1.20 bits per heavy atom. The normalized spacial score (nSPS) is 26.2. The number of likely N-dealkylation sites (N-methyl/N-ethyl adjacent to an activating group) is 1. The van der Waals surface area contributed by atoms with Gasteiger partial charge in [0.25, 0.3) is 0 Å². The molecule has 1 saturated carbocycles. The van der Waals surface area contributed by atoms with Crippen LogP contribution in [0.15, 0.2) is 0 Å². The first-order chi connectivity index (χ1) is 6.99. The SMILES string of the molecule is CCC(NC)C1(OC)CCC(C)(C)CC1. The molecule has 1 aliphatic rings. The Balaban J connectivity index is 2.71. The third-order valence-corrected chi connectivity index (χ3v) is 4.25. The molecule has 2 heteroatoms. The van der Waals surface area contributed by atoms with Gasteiger partial charge in [-0.3, -0.25) is 0 Å². The van der Waals surface area contributed by atoms with Crippen LogP contribution in [0.1, 0.15) is 52.9 Å². The molecule has 1 rings (SSSR count). The zero-order chi connectivity index (χ0) is 11.5. The second-order valence-corrected chi connectivity index (χ2v) is 5.68. The zero-order valence-corrected chi connectivity index (χ0v) is 11.0. The van der Waals surface area contributed by atoms with Crippen molar-refractivity contribution < 1.29 is 4.74 Å². The van der Waals surface area contributed by atoms with Crippen LogP contribution in [0.2, 0.25) is 0 Å². The van der Waals surface area contributed by atoms with Gasteiger partial charge in [0.1, 0.15) is 0 Å². The van der Waals surface area contributed by atoms with Crippen molar-refractivity contribution in [2.24, 2.45) is 5.41 Å². The molecule has 0 radical (unpaired) electrons. The van der Waals surface area contributed by atoms with Gasteiger partial charge in [0.05, 0.1) is 5.60 Å². The molecule has 1 atom stereocenters. The molecule has 1 N–H and O–H groups in total. The largest absolute Gasteiger partial charge is 0.377 e. The van der Waals surface area contributed by atoms with Gasteiger partial charge >= 0.3 is 0 Å². The van der Waals surface area contributed by atoms with Gasteiger partial charge in [0.15, 0.2) is 0 Å². The Hall–Kier alpha value is -0.0800. The van der Waals surface area contributed by atoms with E-state index in [0.29, 0.717) is 11.5 Å². The fourth-order valence-corrected chi connectivity index (χ4v) is 2.88. The molecular formula is C13H27NO. The van der Waals surface area contributed by atoms with Crippen LogP contribution in [0.25, 0.3) is 0 Å². The van der Waals surface area contributed by atoms with Gasteiger partial charge in [0, 0.05) is 13.2 Å². The van der Waals surface area contributed by atoms with Crippen molar-refractivity contribution in [3.05, 3.63) is 0 Å². The number of nitrogens with one attached hydrogen (secondary N) is 1. The maximum absolute atomic E-state index is 5.85. The fourth-order valence-electron chi connectivity index (χ4n) is 2.88. The van der Waals surface area contributed by atoms with E-state index >= 15 is 0 Å². The van der Waals surface area contributed by atoms with Crippen LogP contribution in [-0.2, 0) is 4.74 Å². The Morgan fingerprint density at radius 2 is 1.73 bits per heavy atom. The molecule has 0 aliphatic heterocycles. The van der Waals surface area contributed by atoms with Crippen LogP contribution in [0, 0.1) is 5.41 Å². The van der Waals surface area contributed by atoms with Crippen LogP contribution < -0.4 is 5.32 Å². The van der Waals surface area contributed by atoms with Crippen LogP contribution in [0.4, 0.5) is 0 Å². The lowest BCUT2D eigenvalue weighted by molar-refractivity contribution is -0.0855. The van der Waals surface area contributed by atoms with Crippen molar-refractivity contribution in [3.63, 3.8) is 0 Å². The Labute approximate surface area is 94.8 Å². The Bertz CT molecular complexity index is 187. The van der Waals surface area contributed by atoms with Crippen molar-refractivity contribution in [2.75, 3.05) is 14.2 Å². The zero-order valence-electron chi connectivity index (χ0n) is 11.0. The molecule has 2 nitrogen and oxygen atoms in total. The molecule has 1 aliphatic carbocycles. The molecule has 0 heterocycles. The van der Waals surface area contributed by atoms with E-state index in [-0.39, 0.29) is 5.60 Å². The summed E-state index contributed by atoms with van der Waals surface area (Å²) < 4.78 is 5.85. The van der Waals surface area contributed by atoms with Gasteiger partial charge in [-0.2, -0.15) is 0 Å². The summed E-state index contributed by atoms with van der Waals surface area (Å²) in [6.07, 6.45) is 6.08. The lowest BCUT2D eigenvalue weighted by atomic mass is 9.68. The molecule has 90 valence electrons. The van der Waals surface area contributed by atoms with E-state index in [9.17, 15) is 0 Å². The topological polar surface area (TPSA) is 21.3 Å². The van der Waals surface area contributed by atoms with E-state index in [0.717, 1.165) is 6.42 Å². The highest BCUT2D eigenvalue weighted by Gasteiger charge is 2.42. The van der Waals surface area contributed by atoms with Crippen molar-refractivity contribution >= 4 is 0 Å². The van der Waals surface area contributed by atoms with Gasteiger partial charge in [0.2, 0.25) is 0 Å². The second-order valence-electron chi connectivity index (χ2n) is 5.68. The van der Waals surface area contributed by atoms with E-state index < -0.39 is 0 Å². The lowest BCUT2D eigenvalue weighted by Crippen LogP contribution is -2.53. The summed E-state index contributed by atoms with van der Waals surface area (Å²) in [4.78, 5) is 0. The highest BCUT2D eigenvalue weighted by molar-refractivity contribution is 4.97. The first kappa shape index (κ1) is 13.0. The second kappa shape index (κ2) is 4.84. The van der Waals surface area contributed by atoms with Crippen molar-refractivity contribution in [2.45, 2.75) is 64.5 Å². The standard InChI is InChI=1S/C13H27NO/c1-6-11(14-4)13(15-5)9-7-12(2,3)8-10-13/h11,14H,6-10H2,1-5H3. The monoisotopic (exact) mass is 213 g/mol. The summed E-state index contributed by atoms with van der Waals surface area (Å²) >= 11 is 0. The van der Waals surface area contributed by atoms with Crippen molar-refractivity contribution in [1.29, 1.82) is 0 Å². The molecular weight excluding hydrogens is 186 g/mol. The van der Waals surface area contributed by atoms with E-state index in [4.69, 9.17) is 4.74 Å². The molecule has 0 aromatic carbocycles. The maximum Gasteiger partial charge on any atom is 0.0831 e. The summed E-state index contributed by atoms with van der Waals surface area (Å²) in [5, 5.41) is 3.42. The summed E-state index contributed by atoms with van der Waals surface area (Å²) in [6, 6.07) is 0.499. The van der Waals surface area contributed by atoms with Gasteiger partial charge in [-0.1, -0.05) is 20.8 Å². The predicted molar refractivity (Wildman–Crippen MR) is 65.1 cm³/mol. The minimum absolute atomic E-state index is 0.0824. The number of rotatable bonds is 4. The summed E-state index contributed by atoms with van der Waals surface area (Å²) in [7, 11) is 3.92. The number of hydrogen-bond donors (Lipinski definition) is 1. The molecule has 0 aromatic heterocycles. The van der Waals surface area contributed by atoms with E-state index in [1.165, 1.54) is 25.7 Å². The average molecular weight is 213 g/mol. The Morgan fingerprint density at radius 3 is 2.07 bits per heavy atom. The van der Waals surface area contributed by atoms with Crippen LogP contribution in [0.5, 0.6) is 0 Å². The van der Waals surface area contributed by atoms with Gasteiger partial charge in [-0.25, -0.2) is 0 Å². The Kier molecular flexibility index (Phi) is 4.19. The molecule has 0 amide bonds. The minimum atomic E-state index is 0.0824. The van der Waals surface area contributed by atoms with Crippen LogP contribution in [-0.4, -0.2) is 25.8 Å². The molecule has 15 heavy (non-hydrogen) atoms.